The summed E-state index contributed by atoms with van der Waals surface area (Å²) in [6.45, 7) is 7.78. The molecule has 1 N–H and O–H groups in total. The molecule has 0 saturated heterocycles. The van der Waals surface area contributed by atoms with E-state index < -0.39 is 12.0 Å². The lowest BCUT2D eigenvalue weighted by Gasteiger charge is -2.28. The first-order valence-electron chi connectivity index (χ1n) is 5.38. The Morgan fingerprint density at radius 2 is 1.78 bits per heavy atom. The van der Waals surface area contributed by atoms with E-state index in [1.54, 1.807) is 0 Å². The van der Waals surface area contributed by atoms with Crippen molar-refractivity contribution in [2.45, 2.75) is 39.9 Å². The van der Waals surface area contributed by atoms with Gasteiger partial charge in [-0.15, -0.1) is 0 Å². The molecule has 0 aromatic carbocycles. The average Bonchev–Trinajstić information content (AvgIpc) is 2.13. The lowest BCUT2D eigenvalue weighted by Crippen LogP contribution is -2.31. The highest BCUT2D eigenvalue weighted by molar-refractivity contribution is 6.29. The summed E-state index contributed by atoms with van der Waals surface area (Å²) < 4.78 is 37.5. The molecule has 3 nitrogen and oxygen atoms in total. The third-order valence-corrected chi connectivity index (χ3v) is 2.81. The normalized spacial score (nSPS) is 14.4. The highest BCUT2D eigenvalue weighted by Crippen LogP contribution is 2.29. The third kappa shape index (κ3) is 4.01. The van der Waals surface area contributed by atoms with Crippen molar-refractivity contribution < 1.29 is 13.2 Å². The standard InChI is InChI=1S/C11H15ClF3N3/c1-6(10(2,3)4)16-8-5-7(12)17-9(18-8)11(13,14)15/h5-6H,1-4H3,(H,16,17,18). The van der Waals surface area contributed by atoms with Crippen molar-refractivity contribution in [1.29, 1.82) is 0 Å². The van der Waals surface area contributed by atoms with Crippen molar-refractivity contribution in [3.63, 3.8) is 0 Å². The van der Waals surface area contributed by atoms with Gasteiger partial charge < -0.3 is 5.32 Å². The summed E-state index contributed by atoms with van der Waals surface area (Å²) in [6.07, 6.45) is -4.60. The van der Waals surface area contributed by atoms with Crippen LogP contribution in [0.3, 0.4) is 0 Å². The van der Waals surface area contributed by atoms with Crippen LogP contribution in [-0.4, -0.2) is 16.0 Å². The minimum absolute atomic E-state index is 0.0652. The topological polar surface area (TPSA) is 37.8 Å². The molecule has 1 aromatic heterocycles. The zero-order chi connectivity index (χ0) is 14.1. The summed E-state index contributed by atoms with van der Waals surface area (Å²) >= 11 is 5.56. The van der Waals surface area contributed by atoms with Gasteiger partial charge in [-0.3, -0.25) is 0 Å². The van der Waals surface area contributed by atoms with Crippen LogP contribution in [-0.2, 0) is 6.18 Å². The Morgan fingerprint density at radius 3 is 2.22 bits per heavy atom. The number of anilines is 1. The van der Waals surface area contributed by atoms with Gasteiger partial charge in [0.1, 0.15) is 11.0 Å². The van der Waals surface area contributed by atoms with Gasteiger partial charge in [0.05, 0.1) is 0 Å². The van der Waals surface area contributed by atoms with Crippen LogP contribution >= 0.6 is 11.6 Å². The van der Waals surface area contributed by atoms with Crippen molar-refractivity contribution in [2.24, 2.45) is 5.41 Å². The fourth-order valence-corrected chi connectivity index (χ4v) is 1.24. The van der Waals surface area contributed by atoms with E-state index >= 15 is 0 Å². The van der Waals surface area contributed by atoms with E-state index in [1.807, 2.05) is 27.7 Å². The maximum absolute atomic E-state index is 12.5. The Hall–Kier alpha value is -1.04. The van der Waals surface area contributed by atoms with Crippen LogP contribution in [0.15, 0.2) is 6.07 Å². The zero-order valence-corrected chi connectivity index (χ0v) is 11.3. The second-order valence-corrected chi connectivity index (χ2v) is 5.52. The minimum Gasteiger partial charge on any atom is -0.367 e. The fraction of sp³-hybridized carbons (Fsp3) is 0.636. The molecule has 0 aliphatic rings. The van der Waals surface area contributed by atoms with E-state index in [9.17, 15) is 13.2 Å². The Labute approximate surface area is 109 Å². The Bertz CT molecular complexity index is 427. The predicted molar refractivity (Wildman–Crippen MR) is 64.6 cm³/mol. The highest BCUT2D eigenvalue weighted by atomic mass is 35.5. The Kier molecular flexibility index (Phi) is 4.10. The second-order valence-electron chi connectivity index (χ2n) is 5.13. The van der Waals surface area contributed by atoms with Crippen LogP contribution in [0.25, 0.3) is 0 Å². The van der Waals surface area contributed by atoms with E-state index in [0.717, 1.165) is 0 Å². The van der Waals surface area contributed by atoms with Gasteiger partial charge in [0.25, 0.3) is 0 Å². The number of hydrogen-bond donors (Lipinski definition) is 1. The summed E-state index contributed by atoms with van der Waals surface area (Å²) in [5.74, 6) is -1.16. The summed E-state index contributed by atoms with van der Waals surface area (Å²) in [5, 5.41) is 2.66. The fourth-order valence-electron chi connectivity index (χ4n) is 1.06. The predicted octanol–water partition coefficient (Wildman–Crippen LogP) is 4.00. The van der Waals surface area contributed by atoms with Crippen LogP contribution in [0.5, 0.6) is 0 Å². The van der Waals surface area contributed by atoms with E-state index in [0.29, 0.717) is 0 Å². The molecule has 0 saturated carbocycles. The monoisotopic (exact) mass is 281 g/mol. The van der Waals surface area contributed by atoms with Crippen molar-refractivity contribution in [3.05, 3.63) is 17.0 Å². The molecule has 1 aromatic rings. The molecule has 0 aliphatic heterocycles. The minimum atomic E-state index is -4.60. The molecule has 0 spiro atoms. The van der Waals surface area contributed by atoms with Gasteiger partial charge in [0, 0.05) is 12.1 Å². The molecule has 102 valence electrons. The van der Waals surface area contributed by atoms with Gasteiger partial charge in [-0.25, -0.2) is 9.97 Å². The molecule has 1 heterocycles. The number of hydrogen-bond acceptors (Lipinski definition) is 3. The molecule has 0 aliphatic carbocycles. The van der Waals surface area contributed by atoms with Crippen LogP contribution in [0.2, 0.25) is 5.15 Å². The van der Waals surface area contributed by atoms with Crippen molar-refractivity contribution in [2.75, 3.05) is 5.32 Å². The maximum atomic E-state index is 12.5. The summed E-state index contributed by atoms with van der Waals surface area (Å²) in [4.78, 5) is 6.59. The Balaban J connectivity index is 3.01. The second kappa shape index (κ2) is 4.91. The highest BCUT2D eigenvalue weighted by Gasteiger charge is 2.35. The number of aromatic nitrogens is 2. The molecule has 0 amide bonds. The van der Waals surface area contributed by atoms with Gasteiger partial charge in [-0.1, -0.05) is 32.4 Å². The van der Waals surface area contributed by atoms with Crippen molar-refractivity contribution >= 4 is 17.4 Å². The SMILES string of the molecule is CC(Nc1cc(Cl)nc(C(F)(F)F)n1)C(C)(C)C. The third-order valence-electron chi connectivity index (χ3n) is 2.61. The van der Waals surface area contributed by atoms with Gasteiger partial charge in [-0.2, -0.15) is 13.2 Å². The van der Waals surface area contributed by atoms with Crippen LogP contribution < -0.4 is 5.32 Å². The number of nitrogens with one attached hydrogen (secondary N) is 1. The maximum Gasteiger partial charge on any atom is 0.451 e. The summed E-state index contributed by atoms with van der Waals surface area (Å²) in [5.41, 5.74) is -0.115. The van der Waals surface area contributed by atoms with Crippen LogP contribution in [0, 0.1) is 5.41 Å². The molecular formula is C11H15ClF3N3. The van der Waals surface area contributed by atoms with Crippen LogP contribution in [0.4, 0.5) is 19.0 Å². The molecule has 0 fully saturated rings. The number of alkyl halides is 3. The molecule has 0 bridgehead atoms. The molecular weight excluding hydrogens is 267 g/mol. The summed E-state index contributed by atoms with van der Waals surface area (Å²) in [7, 11) is 0. The van der Waals surface area contributed by atoms with E-state index in [4.69, 9.17) is 11.6 Å². The van der Waals surface area contributed by atoms with Gasteiger partial charge in [-0.05, 0) is 12.3 Å². The van der Waals surface area contributed by atoms with Crippen molar-refractivity contribution in [3.8, 4) is 0 Å². The zero-order valence-electron chi connectivity index (χ0n) is 10.6. The quantitative estimate of drug-likeness (QED) is 0.833. The molecule has 1 atom stereocenters. The lowest BCUT2D eigenvalue weighted by atomic mass is 9.88. The van der Waals surface area contributed by atoms with Gasteiger partial charge in [0.15, 0.2) is 0 Å². The number of nitrogens with zero attached hydrogens (tertiary/aromatic N) is 2. The molecule has 0 radical (unpaired) electrons. The number of halogens is 4. The van der Waals surface area contributed by atoms with Gasteiger partial charge >= 0.3 is 6.18 Å². The smallest absolute Gasteiger partial charge is 0.367 e. The first-order valence-corrected chi connectivity index (χ1v) is 5.76. The molecule has 18 heavy (non-hydrogen) atoms. The number of rotatable bonds is 2. The lowest BCUT2D eigenvalue weighted by molar-refractivity contribution is -0.144. The van der Waals surface area contributed by atoms with E-state index in [1.165, 1.54) is 6.07 Å². The first-order chi connectivity index (χ1) is 8.00. The average molecular weight is 282 g/mol. The summed E-state index contributed by atoms with van der Waals surface area (Å²) in [6, 6.07) is 1.21. The Morgan fingerprint density at radius 1 is 1.22 bits per heavy atom. The van der Waals surface area contributed by atoms with E-state index in [2.05, 4.69) is 15.3 Å². The van der Waals surface area contributed by atoms with Crippen LogP contribution in [0.1, 0.15) is 33.5 Å². The largest absolute Gasteiger partial charge is 0.451 e. The molecule has 7 heteroatoms. The first kappa shape index (κ1) is 15.0. The molecule has 1 unspecified atom stereocenters. The van der Waals surface area contributed by atoms with E-state index in [-0.39, 0.29) is 22.4 Å². The van der Waals surface area contributed by atoms with Gasteiger partial charge in [0.2, 0.25) is 5.82 Å². The van der Waals surface area contributed by atoms with Crippen molar-refractivity contribution in [1.82, 2.24) is 9.97 Å². The molecule has 1 rings (SSSR count).